The highest BCUT2D eigenvalue weighted by Gasteiger charge is 2.61. The van der Waals surface area contributed by atoms with E-state index < -0.39 is 0 Å². The number of hydrogen-bond acceptors (Lipinski definition) is 1. The Hall–Kier alpha value is -1.60. The van der Waals surface area contributed by atoms with Crippen molar-refractivity contribution in [1.82, 2.24) is 4.90 Å². The minimum atomic E-state index is 0.203. The smallest absolute Gasteiger partial charge is 0.0189 e. The third-order valence-corrected chi connectivity index (χ3v) is 6.37. The van der Waals surface area contributed by atoms with Gasteiger partial charge in [-0.1, -0.05) is 55.5 Å². The van der Waals surface area contributed by atoms with Crippen LogP contribution in [0.3, 0.4) is 0 Å². The van der Waals surface area contributed by atoms with Crippen LogP contribution in [0.5, 0.6) is 0 Å². The zero-order valence-corrected chi connectivity index (χ0v) is 12.8. The van der Waals surface area contributed by atoms with Crippen LogP contribution in [0.15, 0.2) is 48.5 Å². The van der Waals surface area contributed by atoms with Crippen molar-refractivity contribution in [3.8, 4) is 0 Å². The highest BCUT2D eigenvalue weighted by molar-refractivity contribution is 5.61. The van der Waals surface area contributed by atoms with Crippen LogP contribution in [-0.2, 0) is 10.8 Å². The summed E-state index contributed by atoms with van der Waals surface area (Å²) < 4.78 is 0. The van der Waals surface area contributed by atoms with Crippen LogP contribution < -0.4 is 0 Å². The minimum Gasteiger partial charge on any atom is -0.305 e. The van der Waals surface area contributed by atoms with E-state index in [0.29, 0.717) is 11.3 Å². The second-order valence-corrected chi connectivity index (χ2v) is 7.55. The molecular formula is C20H21N. The Bertz CT molecular complexity index is 736. The van der Waals surface area contributed by atoms with Crippen molar-refractivity contribution >= 4 is 0 Å². The van der Waals surface area contributed by atoms with Gasteiger partial charge in [0.2, 0.25) is 0 Å². The van der Waals surface area contributed by atoms with Crippen molar-refractivity contribution in [3.63, 3.8) is 0 Å². The monoisotopic (exact) mass is 275 g/mol. The van der Waals surface area contributed by atoms with Gasteiger partial charge in [0.25, 0.3) is 0 Å². The lowest BCUT2D eigenvalue weighted by atomic mass is 9.61. The number of fused-ring (bicyclic) bond motifs is 3. The molecule has 2 bridgehead atoms. The van der Waals surface area contributed by atoms with Crippen LogP contribution in [0, 0.1) is 0 Å². The third kappa shape index (κ3) is 1.23. The molecule has 2 aromatic carbocycles. The summed E-state index contributed by atoms with van der Waals surface area (Å²) in [6.45, 7) is 4.87. The van der Waals surface area contributed by atoms with E-state index in [9.17, 15) is 0 Å². The Morgan fingerprint density at radius 3 is 2.43 bits per heavy atom. The molecule has 5 rings (SSSR count). The molecule has 3 aliphatic rings. The Morgan fingerprint density at radius 1 is 0.952 bits per heavy atom. The summed E-state index contributed by atoms with van der Waals surface area (Å²) in [5, 5.41) is 0. The fourth-order valence-corrected chi connectivity index (χ4v) is 5.75. The van der Waals surface area contributed by atoms with Crippen LogP contribution >= 0.6 is 0 Å². The van der Waals surface area contributed by atoms with Crippen molar-refractivity contribution < 1.29 is 0 Å². The van der Waals surface area contributed by atoms with Crippen LogP contribution in [0.2, 0.25) is 0 Å². The van der Waals surface area contributed by atoms with Crippen LogP contribution in [0.25, 0.3) is 0 Å². The first-order valence-electron chi connectivity index (χ1n) is 8.03. The van der Waals surface area contributed by atoms with Gasteiger partial charge in [0.05, 0.1) is 0 Å². The zero-order valence-electron chi connectivity index (χ0n) is 12.8. The molecule has 21 heavy (non-hydrogen) atoms. The molecule has 3 unspecified atom stereocenters. The summed E-state index contributed by atoms with van der Waals surface area (Å²) in [6.07, 6.45) is 1.28. The number of likely N-dealkylation sites (N-methyl/N-ethyl adjacent to an activating group) is 1. The number of rotatable bonds is 0. The van der Waals surface area contributed by atoms with E-state index >= 15 is 0 Å². The molecule has 1 nitrogen and oxygen atoms in total. The predicted octanol–water partition coefficient (Wildman–Crippen LogP) is 3.68. The summed E-state index contributed by atoms with van der Waals surface area (Å²) in [5.41, 5.74) is 6.93. The maximum absolute atomic E-state index is 2.54. The lowest BCUT2D eigenvalue weighted by molar-refractivity contribution is 0.313. The van der Waals surface area contributed by atoms with Gasteiger partial charge in [-0.2, -0.15) is 0 Å². The molecule has 2 aliphatic carbocycles. The van der Waals surface area contributed by atoms with Gasteiger partial charge in [0.15, 0.2) is 0 Å². The summed E-state index contributed by atoms with van der Waals surface area (Å²) in [6, 6.07) is 18.4. The molecule has 1 spiro atoms. The van der Waals surface area contributed by atoms with Gasteiger partial charge in [-0.25, -0.2) is 0 Å². The van der Waals surface area contributed by atoms with Gasteiger partial charge < -0.3 is 4.90 Å². The van der Waals surface area contributed by atoms with E-state index in [2.05, 4.69) is 67.4 Å². The van der Waals surface area contributed by atoms with Crippen LogP contribution in [0.4, 0.5) is 0 Å². The molecule has 1 fully saturated rings. The summed E-state index contributed by atoms with van der Waals surface area (Å²) in [4.78, 5) is 2.54. The normalized spacial score (nSPS) is 36.2. The lowest BCUT2D eigenvalue weighted by Gasteiger charge is -2.41. The van der Waals surface area contributed by atoms with Crippen LogP contribution in [0.1, 0.15) is 41.5 Å². The molecule has 1 saturated heterocycles. The SMILES string of the molecule is CN1CC2c3ccccc3C3(C)CC2(C1)c1ccccc13. The number of nitrogens with zero attached hydrogens (tertiary/aromatic N) is 1. The molecular weight excluding hydrogens is 254 g/mol. The summed E-state index contributed by atoms with van der Waals surface area (Å²) >= 11 is 0. The van der Waals surface area contributed by atoms with Crippen molar-refractivity contribution in [2.75, 3.05) is 20.1 Å². The molecule has 2 aromatic rings. The van der Waals surface area contributed by atoms with Gasteiger partial charge in [-0.15, -0.1) is 0 Å². The largest absolute Gasteiger partial charge is 0.305 e. The number of hydrogen-bond donors (Lipinski definition) is 0. The molecule has 3 atom stereocenters. The third-order valence-electron chi connectivity index (χ3n) is 6.37. The van der Waals surface area contributed by atoms with E-state index in [0.717, 1.165) is 0 Å². The average molecular weight is 275 g/mol. The quantitative estimate of drug-likeness (QED) is 0.709. The molecule has 0 amide bonds. The van der Waals surface area contributed by atoms with Crippen molar-refractivity contribution in [3.05, 3.63) is 70.8 Å². The molecule has 0 N–H and O–H groups in total. The molecule has 1 heteroatoms. The van der Waals surface area contributed by atoms with Gasteiger partial charge >= 0.3 is 0 Å². The highest BCUT2D eigenvalue weighted by Crippen LogP contribution is 2.65. The van der Waals surface area contributed by atoms with Crippen molar-refractivity contribution in [2.45, 2.75) is 30.1 Å². The van der Waals surface area contributed by atoms with Gasteiger partial charge in [-0.05, 0) is 35.7 Å². The standard InChI is InChI=1S/C20H21N/c1-19-12-20(17-10-6-5-9-16(17)19)13-21(2)11-18(20)14-7-3-4-8-15(14)19/h3-10,18H,11-13H2,1-2H3. The first kappa shape index (κ1) is 12.0. The van der Waals surface area contributed by atoms with Gasteiger partial charge in [0.1, 0.15) is 0 Å². The Labute approximate surface area is 126 Å². The molecule has 0 radical (unpaired) electrons. The van der Waals surface area contributed by atoms with E-state index in [1.807, 2.05) is 0 Å². The fourth-order valence-electron chi connectivity index (χ4n) is 5.75. The average Bonchev–Trinajstić information content (AvgIpc) is 2.95. The second kappa shape index (κ2) is 3.59. The molecule has 0 aromatic heterocycles. The molecule has 1 heterocycles. The number of benzene rings is 2. The van der Waals surface area contributed by atoms with E-state index in [4.69, 9.17) is 0 Å². The zero-order chi connectivity index (χ0) is 14.2. The lowest BCUT2D eigenvalue weighted by Crippen LogP contribution is -2.39. The minimum absolute atomic E-state index is 0.203. The van der Waals surface area contributed by atoms with E-state index in [1.54, 1.807) is 22.3 Å². The van der Waals surface area contributed by atoms with Crippen molar-refractivity contribution in [2.24, 2.45) is 0 Å². The Morgan fingerprint density at radius 2 is 1.62 bits per heavy atom. The van der Waals surface area contributed by atoms with Crippen molar-refractivity contribution in [1.29, 1.82) is 0 Å². The van der Waals surface area contributed by atoms with E-state index in [1.165, 1.54) is 19.5 Å². The Balaban J connectivity index is 1.91. The Kier molecular flexibility index (Phi) is 2.05. The topological polar surface area (TPSA) is 3.24 Å². The second-order valence-electron chi connectivity index (χ2n) is 7.55. The molecule has 0 saturated carbocycles. The van der Waals surface area contributed by atoms with Gasteiger partial charge in [0, 0.05) is 29.8 Å². The highest BCUT2D eigenvalue weighted by atomic mass is 15.1. The summed E-state index contributed by atoms with van der Waals surface area (Å²) in [5.74, 6) is 0.662. The van der Waals surface area contributed by atoms with Crippen LogP contribution in [-0.4, -0.2) is 25.0 Å². The number of likely N-dealkylation sites (tertiary alicyclic amines) is 1. The maximum Gasteiger partial charge on any atom is 0.0189 e. The molecule has 1 aliphatic heterocycles. The van der Waals surface area contributed by atoms with Gasteiger partial charge in [-0.3, -0.25) is 0 Å². The predicted molar refractivity (Wildman–Crippen MR) is 85.9 cm³/mol. The summed E-state index contributed by atoms with van der Waals surface area (Å²) in [7, 11) is 2.29. The fraction of sp³-hybridized carbons (Fsp3) is 0.400. The maximum atomic E-state index is 2.54. The first-order valence-corrected chi connectivity index (χ1v) is 8.03. The van der Waals surface area contributed by atoms with E-state index in [-0.39, 0.29) is 5.41 Å². The molecule has 106 valence electrons. The first-order chi connectivity index (χ1) is 10.2.